The van der Waals surface area contributed by atoms with Gasteiger partial charge in [0.05, 0.1) is 0 Å². The molecule has 2 aliphatic rings. The van der Waals surface area contributed by atoms with Gasteiger partial charge in [0, 0.05) is 32.7 Å². The molecule has 1 aromatic carbocycles. The molecule has 0 aromatic heterocycles. The molecule has 0 aliphatic carbocycles. The molecule has 1 aromatic rings. The number of benzene rings is 1. The summed E-state index contributed by atoms with van der Waals surface area (Å²) in [5, 5.41) is 3.39. The molecule has 0 spiro atoms. The molecule has 0 radical (unpaired) electrons. The molecule has 1 N–H and O–H groups in total. The molecule has 1 saturated heterocycles. The van der Waals surface area contributed by atoms with E-state index >= 15 is 0 Å². The fraction of sp³-hybridized carbons (Fsp3) is 0.600. The van der Waals surface area contributed by atoms with Gasteiger partial charge in [-0.15, -0.1) is 0 Å². The van der Waals surface area contributed by atoms with Crippen LogP contribution in [0.4, 0.5) is 0 Å². The highest BCUT2D eigenvalue weighted by Gasteiger charge is 2.20. The SMILES string of the molecule is CC(C)c1cc2c(cc1CN1CCNCC1)OCO2. The third-order valence-corrected chi connectivity index (χ3v) is 3.86. The number of piperazine rings is 1. The van der Waals surface area contributed by atoms with E-state index in [1.165, 1.54) is 11.1 Å². The van der Waals surface area contributed by atoms with Crippen molar-refractivity contribution in [3.8, 4) is 11.5 Å². The molecule has 0 bridgehead atoms. The van der Waals surface area contributed by atoms with Crippen molar-refractivity contribution in [1.29, 1.82) is 0 Å². The Morgan fingerprint density at radius 3 is 2.53 bits per heavy atom. The summed E-state index contributed by atoms with van der Waals surface area (Å²) in [6.07, 6.45) is 0. The topological polar surface area (TPSA) is 33.7 Å². The van der Waals surface area contributed by atoms with Gasteiger partial charge in [-0.2, -0.15) is 0 Å². The Hall–Kier alpha value is -1.26. The minimum Gasteiger partial charge on any atom is -0.454 e. The van der Waals surface area contributed by atoms with Crippen LogP contribution in [-0.2, 0) is 6.54 Å². The number of hydrogen-bond acceptors (Lipinski definition) is 4. The maximum Gasteiger partial charge on any atom is 0.231 e. The first-order valence-electron chi connectivity index (χ1n) is 7.09. The first-order valence-corrected chi connectivity index (χ1v) is 7.09. The van der Waals surface area contributed by atoms with Gasteiger partial charge in [-0.25, -0.2) is 0 Å². The third kappa shape index (κ3) is 2.69. The lowest BCUT2D eigenvalue weighted by molar-refractivity contribution is 0.174. The summed E-state index contributed by atoms with van der Waals surface area (Å²) in [4.78, 5) is 2.50. The zero-order chi connectivity index (χ0) is 13.2. The number of nitrogens with one attached hydrogen (secondary N) is 1. The molecule has 2 heterocycles. The van der Waals surface area contributed by atoms with E-state index in [0.717, 1.165) is 44.2 Å². The zero-order valence-electron chi connectivity index (χ0n) is 11.7. The molecule has 4 heteroatoms. The summed E-state index contributed by atoms with van der Waals surface area (Å²) in [6.45, 7) is 10.2. The van der Waals surface area contributed by atoms with Crippen LogP contribution in [0.2, 0.25) is 0 Å². The highest BCUT2D eigenvalue weighted by Crippen LogP contribution is 2.37. The number of nitrogens with zero attached hydrogens (tertiary/aromatic N) is 1. The standard InChI is InChI=1S/C15H22N2O2/c1-11(2)13-8-15-14(18-10-19-15)7-12(13)9-17-5-3-16-4-6-17/h7-8,11,16H,3-6,9-10H2,1-2H3. The van der Waals surface area contributed by atoms with Crippen molar-refractivity contribution in [2.75, 3.05) is 33.0 Å². The van der Waals surface area contributed by atoms with E-state index in [0.29, 0.717) is 12.7 Å². The second-order valence-corrected chi connectivity index (χ2v) is 5.59. The molecule has 0 atom stereocenters. The quantitative estimate of drug-likeness (QED) is 0.902. The Labute approximate surface area is 114 Å². The Morgan fingerprint density at radius 1 is 1.16 bits per heavy atom. The van der Waals surface area contributed by atoms with E-state index in [1.807, 2.05) is 0 Å². The molecule has 19 heavy (non-hydrogen) atoms. The predicted molar refractivity (Wildman–Crippen MR) is 74.8 cm³/mol. The predicted octanol–water partition coefficient (Wildman–Crippen LogP) is 1.94. The van der Waals surface area contributed by atoms with Gasteiger partial charge in [-0.3, -0.25) is 4.90 Å². The number of rotatable bonds is 3. The van der Waals surface area contributed by atoms with E-state index in [-0.39, 0.29) is 0 Å². The Balaban J connectivity index is 1.85. The fourth-order valence-corrected chi connectivity index (χ4v) is 2.78. The average Bonchev–Trinajstić information content (AvgIpc) is 2.86. The maximum absolute atomic E-state index is 5.51. The minimum atomic E-state index is 0.351. The van der Waals surface area contributed by atoms with E-state index in [1.54, 1.807) is 0 Å². The molecule has 2 aliphatic heterocycles. The van der Waals surface area contributed by atoms with Crippen molar-refractivity contribution in [3.05, 3.63) is 23.3 Å². The Bertz CT molecular complexity index is 454. The highest BCUT2D eigenvalue weighted by atomic mass is 16.7. The van der Waals surface area contributed by atoms with Crippen molar-refractivity contribution in [2.24, 2.45) is 0 Å². The number of ether oxygens (including phenoxy) is 2. The fourth-order valence-electron chi connectivity index (χ4n) is 2.78. The molecule has 4 nitrogen and oxygen atoms in total. The average molecular weight is 262 g/mol. The van der Waals surface area contributed by atoms with Crippen LogP contribution >= 0.6 is 0 Å². The van der Waals surface area contributed by atoms with Gasteiger partial charge in [0.1, 0.15) is 0 Å². The van der Waals surface area contributed by atoms with Crippen LogP contribution < -0.4 is 14.8 Å². The Kier molecular flexibility index (Phi) is 3.62. The summed E-state index contributed by atoms with van der Waals surface area (Å²) in [5.74, 6) is 2.30. The van der Waals surface area contributed by atoms with Gasteiger partial charge in [0.2, 0.25) is 6.79 Å². The molecule has 3 rings (SSSR count). The number of fused-ring (bicyclic) bond motifs is 1. The van der Waals surface area contributed by atoms with Crippen molar-refractivity contribution in [2.45, 2.75) is 26.3 Å². The van der Waals surface area contributed by atoms with Crippen molar-refractivity contribution in [3.63, 3.8) is 0 Å². The van der Waals surface area contributed by atoms with E-state index < -0.39 is 0 Å². The van der Waals surface area contributed by atoms with E-state index in [4.69, 9.17) is 9.47 Å². The van der Waals surface area contributed by atoms with Crippen LogP contribution in [0, 0.1) is 0 Å². The van der Waals surface area contributed by atoms with Gasteiger partial charge >= 0.3 is 0 Å². The van der Waals surface area contributed by atoms with Crippen LogP contribution in [0.1, 0.15) is 30.9 Å². The van der Waals surface area contributed by atoms with Crippen molar-refractivity contribution in [1.82, 2.24) is 10.2 Å². The first kappa shape index (κ1) is 12.8. The molecule has 1 fully saturated rings. The summed E-state index contributed by atoms with van der Waals surface area (Å²) < 4.78 is 11.0. The first-order chi connectivity index (χ1) is 9.24. The lowest BCUT2D eigenvalue weighted by atomic mass is 9.96. The lowest BCUT2D eigenvalue weighted by Gasteiger charge is -2.28. The second-order valence-electron chi connectivity index (χ2n) is 5.59. The molecule has 0 amide bonds. The van der Waals surface area contributed by atoms with Gasteiger partial charge in [0.15, 0.2) is 11.5 Å². The summed E-state index contributed by atoms with van der Waals surface area (Å²) in [6, 6.07) is 4.32. The van der Waals surface area contributed by atoms with E-state index in [9.17, 15) is 0 Å². The maximum atomic E-state index is 5.51. The second kappa shape index (κ2) is 5.39. The number of hydrogen-bond donors (Lipinski definition) is 1. The summed E-state index contributed by atoms with van der Waals surface area (Å²) >= 11 is 0. The van der Waals surface area contributed by atoms with Crippen molar-refractivity contribution >= 4 is 0 Å². The zero-order valence-corrected chi connectivity index (χ0v) is 11.7. The lowest BCUT2D eigenvalue weighted by Crippen LogP contribution is -2.43. The third-order valence-electron chi connectivity index (χ3n) is 3.86. The van der Waals surface area contributed by atoms with Crippen LogP contribution in [0.5, 0.6) is 11.5 Å². The summed E-state index contributed by atoms with van der Waals surface area (Å²) in [5.41, 5.74) is 2.75. The van der Waals surface area contributed by atoms with Crippen LogP contribution in [0.15, 0.2) is 12.1 Å². The molecule has 0 unspecified atom stereocenters. The van der Waals surface area contributed by atoms with Gasteiger partial charge in [0.25, 0.3) is 0 Å². The Morgan fingerprint density at radius 2 is 1.84 bits per heavy atom. The summed E-state index contributed by atoms with van der Waals surface area (Å²) in [7, 11) is 0. The van der Waals surface area contributed by atoms with Crippen LogP contribution in [0.25, 0.3) is 0 Å². The van der Waals surface area contributed by atoms with Gasteiger partial charge < -0.3 is 14.8 Å². The minimum absolute atomic E-state index is 0.351. The molecular formula is C15H22N2O2. The van der Waals surface area contributed by atoms with E-state index in [2.05, 4.69) is 36.2 Å². The van der Waals surface area contributed by atoms with Crippen LogP contribution in [0.3, 0.4) is 0 Å². The molecule has 104 valence electrons. The molecular weight excluding hydrogens is 240 g/mol. The smallest absolute Gasteiger partial charge is 0.231 e. The highest BCUT2D eigenvalue weighted by molar-refractivity contribution is 5.49. The normalized spacial score (nSPS) is 19.1. The van der Waals surface area contributed by atoms with Gasteiger partial charge in [-0.1, -0.05) is 13.8 Å². The van der Waals surface area contributed by atoms with Crippen molar-refractivity contribution < 1.29 is 9.47 Å². The molecule has 0 saturated carbocycles. The van der Waals surface area contributed by atoms with Gasteiger partial charge in [-0.05, 0) is 29.2 Å². The largest absolute Gasteiger partial charge is 0.454 e. The monoisotopic (exact) mass is 262 g/mol. The van der Waals surface area contributed by atoms with Crippen LogP contribution in [-0.4, -0.2) is 37.9 Å².